The van der Waals surface area contributed by atoms with E-state index in [4.69, 9.17) is 10.5 Å². The fourth-order valence-corrected chi connectivity index (χ4v) is 4.31. The zero-order valence-corrected chi connectivity index (χ0v) is 20.3. The summed E-state index contributed by atoms with van der Waals surface area (Å²) in [5.74, 6) is -2.42. The van der Waals surface area contributed by atoms with E-state index < -0.39 is 47.1 Å². The van der Waals surface area contributed by atoms with E-state index in [1.54, 1.807) is 12.3 Å². The van der Waals surface area contributed by atoms with Gasteiger partial charge < -0.3 is 25.9 Å². The fraction of sp³-hybridized carbons (Fsp3) is 0.231. The number of alkyl halides is 3. The average Bonchev–Trinajstić information content (AvgIpc) is 3.51. The molecular weight excluding hydrogens is 522 g/mol. The van der Waals surface area contributed by atoms with Crippen LogP contribution >= 0.6 is 0 Å². The maximum absolute atomic E-state index is 14.5. The van der Waals surface area contributed by atoms with Crippen molar-refractivity contribution in [2.75, 3.05) is 13.2 Å². The van der Waals surface area contributed by atoms with Gasteiger partial charge in [0.25, 0.3) is 5.91 Å². The van der Waals surface area contributed by atoms with Crippen LogP contribution in [-0.4, -0.2) is 51.2 Å². The predicted octanol–water partition coefficient (Wildman–Crippen LogP) is 3.08. The van der Waals surface area contributed by atoms with Gasteiger partial charge in [0.05, 0.1) is 17.8 Å². The molecule has 0 bridgehead atoms. The number of nitrogens with one attached hydrogen (secondary N) is 2. The summed E-state index contributed by atoms with van der Waals surface area (Å²) in [5.41, 5.74) is -0.175. The molecule has 3 aromatic heterocycles. The minimum atomic E-state index is -5.33. The zero-order chi connectivity index (χ0) is 28.2. The minimum absolute atomic E-state index is 0.0221. The van der Waals surface area contributed by atoms with Crippen molar-refractivity contribution < 1.29 is 37.0 Å². The molecule has 4 heterocycles. The maximum atomic E-state index is 14.5. The Morgan fingerprint density at radius 3 is 2.59 bits per heavy atom. The van der Waals surface area contributed by atoms with Gasteiger partial charge in [-0.3, -0.25) is 9.59 Å². The molecule has 0 radical (unpaired) electrons. The van der Waals surface area contributed by atoms with Crippen LogP contribution in [0, 0.1) is 5.82 Å². The first-order chi connectivity index (χ1) is 18.3. The van der Waals surface area contributed by atoms with Gasteiger partial charge in [-0.25, -0.2) is 14.4 Å². The van der Waals surface area contributed by atoms with Gasteiger partial charge in [-0.15, -0.1) is 0 Å². The van der Waals surface area contributed by atoms with Gasteiger partial charge in [0, 0.05) is 28.9 Å². The van der Waals surface area contributed by atoms with Crippen molar-refractivity contribution in [1.82, 2.24) is 20.3 Å². The number of benzene rings is 1. The third-order valence-corrected chi connectivity index (χ3v) is 6.79. The number of H-pyrrole nitrogens is 1. The molecule has 4 aromatic rings. The Bertz CT molecular complexity index is 1600. The monoisotopic (exact) mass is 543 g/mol. The van der Waals surface area contributed by atoms with Crippen LogP contribution in [0.4, 0.5) is 17.6 Å². The maximum Gasteiger partial charge on any atom is 0.424 e. The first-order valence-corrected chi connectivity index (χ1v) is 11.6. The number of nitrogens with two attached hydrogens (primary N) is 1. The lowest BCUT2D eigenvalue weighted by molar-refractivity contribution is -0.265. The van der Waals surface area contributed by atoms with E-state index in [9.17, 15) is 32.3 Å². The van der Waals surface area contributed by atoms with Crippen LogP contribution in [0.15, 0.2) is 54.9 Å². The van der Waals surface area contributed by atoms with Crippen molar-refractivity contribution in [1.29, 1.82) is 0 Å². The van der Waals surface area contributed by atoms with E-state index in [0.29, 0.717) is 11.0 Å². The number of nitrogens with zero attached hydrogens (tertiary/aromatic N) is 2. The zero-order valence-electron chi connectivity index (χ0n) is 20.3. The van der Waals surface area contributed by atoms with E-state index in [0.717, 1.165) is 18.2 Å². The lowest BCUT2D eigenvalue weighted by Gasteiger charge is -2.31. The molecule has 202 valence electrons. The number of carbonyl (C=O) groups is 2. The SMILES string of the molecule is C[C@]1(C(N)=O)COc2c1cc([C@@](O)(CNC(=O)c1cnc3[nH]ccc3c1)C(F)(F)F)nc2-c1ccc(F)cc1. The highest BCUT2D eigenvalue weighted by atomic mass is 19.4. The summed E-state index contributed by atoms with van der Waals surface area (Å²) in [4.78, 5) is 36.0. The Balaban J connectivity index is 1.59. The normalized spacial score (nSPS) is 18.3. The van der Waals surface area contributed by atoms with Crippen molar-refractivity contribution in [3.05, 3.63) is 77.5 Å². The van der Waals surface area contributed by atoms with Gasteiger partial charge in [-0.05, 0) is 49.4 Å². The Morgan fingerprint density at radius 1 is 1.21 bits per heavy atom. The standard InChI is InChI=1S/C26H21F4N5O4/c1-24(23(31)37)12-39-20-17(24)9-18(35-19(20)13-2-4-16(27)5-3-13)25(38,26(28,29)30)11-34-22(36)15-8-14-6-7-32-21(14)33-10-15/h2-10,38H,11-12H2,1H3,(H2,31,37)(H,32,33)(H,34,36)/t24-,25-/m0/s1. The highest BCUT2D eigenvalue weighted by Gasteiger charge is 2.57. The van der Waals surface area contributed by atoms with E-state index >= 15 is 0 Å². The van der Waals surface area contributed by atoms with Crippen LogP contribution in [0.2, 0.25) is 0 Å². The predicted molar refractivity (Wildman–Crippen MR) is 130 cm³/mol. The number of fused-ring (bicyclic) bond motifs is 2. The molecule has 0 spiro atoms. The molecule has 5 N–H and O–H groups in total. The molecule has 0 aliphatic carbocycles. The van der Waals surface area contributed by atoms with Gasteiger partial charge in [0.2, 0.25) is 11.5 Å². The smallest absolute Gasteiger partial charge is 0.424 e. The second-order valence-corrected chi connectivity index (χ2v) is 9.40. The molecule has 13 heteroatoms. The summed E-state index contributed by atoms with van der Waals surface area (Å²) in [7, 11) is 0. The topological polar surface area (TPSA) is 143 Å². The molecule has 2 atom stereocenters. The molecule has 39 heavy (non-hydrogen) atoms. The Kier molecular flexibility index (Phi) is 6.06. The van der Waals surface area contributed by atoms with Gasteiger partial charge >= 0.3 is 6.18 Å². The number of hydrogen-bond acceptors (Lipinski definition) is 6. The highest BCUT2D eigenvalue weighted by molar-refractivity contribution is 5.97. The third-order valence-electron chi connectivity index (χ3n) is 6.79. The van der Waals surface area contributed by atoms with Gasteiger partial charge in [0.15, 0.2) is 0 Å². The van der Waals surface area contributed by atoms with Crippen LogP contribution in [-0.2, 0) is 15.8 Å². The number of aliphatic hydroxyl groups is 1. The summed E-state index contributed by atoms with van der Waals surface area (Å²) in [6.45, 7) is -0.214. The number of carbonyl (C=O) groups excluding carboxylic acids is 2. The average molecular weight is 543 g/mol. The molecule has 2 amide bonds. The number of primary amides is 1. The number of pyridine rings is 2. The second-order valence-electron chi connectivity index (χ2n) is 9.40. The first-order valence-electron chi connectivity index (χ1n) is 11.6. The lowest BCUT2D eigenvalue weighted by Crippen LogP contribution is -2.51. The molecule has 0 unspecified atom stereocenters. The van der Waals surface area contributed by atoms with Crippen LogP contribution in [0.5, 0.6) is 5.75 Å². The Labute approximate surface area is 218 Å². The highest BCUT2D eigenvalue weighted by Crippen LogP contribution is 2.47. The number of aromatic amines is 1. The van der Waals surface area contributed by atoms with Gasteiger partial charge in [0.1, 0.15) is 34.9 Å². The summed E-state index contributed by atoms with van der Waals surface area (Å²) >= 11 is 0. The van der Waals surface area contributed by atoms with Gasteiger partial charge in [-0.1, -0.05) is 0 Å². The third kappa shape index (κ3) is 4.34. The largest absolute Gasteiger partial charge is 0.489 e. The molecule has 0 saturated carbocycles. The van der Waals surface area contributed by atoms with Crippen molar-refractivity contribution >= 4 is 22.8 Å². The number of ether oxygens (including phenoxy) is 1. The fourth-order valence-electron chi connectivity index (χ4n) is 4.31. The lowest BCUT2D eigenvalue weighted by atomic mass is 9.81. The quantitative estimate of drug-likeness (QED) is 0.275. The van der Waals surface area contributed by atoms with Crippen LogP contribution in [0.25, 0.3) is 22.3 Å². The summed E-state index contributed by atoms with van der Waals surface area (Å²) < 4.78 is 62.6. The molecule has 1 aromatic carbocycles. The second kappa shape index (κ2) is 9.05. The molecule has 0 saturated heterocycles. The summed E-state index contributed by atoms with van der Waals surface area (Å²) in [6.07, 6.45) is -2.56. The van der Waals surface area contributed by atoms with Crippen LogP contribution < -0.4 is 15.8 Å². The molecule has 1 aliphatic heterocycles. The Hall–Kier alpha value is -4.52. The molecule has 9 nitrogen and oxygen atoms in total. The van der Waals surface area contributed by atoms with Crippen molar-refractivity contribution in [2.24, 2.45) is 5.73 Å². The van der Waals surface area contributed by atoms with Crippen LogP contribution in [0.3, 0.4) is 0 Å². The Morgan fingerprint density at radius 2 is 1.92 bits per heavy atom. The summed E-state index contributed by atoms with van der Waals surface area (Å²) in [6, 6.07) is 8.64. The molecular formula is C26H21F4N5O4. The number of amides is 2. The number of rotatable bonds is 6. The molecule has 0 fully saturated rings. The first kappa shape index (κ1) is 26.1. The van der Waals surface area contributed by atoms with E-state index in [2.05, 4.69) is 20.3 Å². The van der Waals surface area contributed by atoms with E-state index in [1.807, 2.05) is 0 Å². The molecule has 5 rings (SSSR count). The molecule has 1 aliphatic rings. The van der Waals surface area contributed by atoms with Crippen LogP contribution in [0.1, 0.15) is 28.5 Å². The van der Waals surface area contributed by atoms with E-state index in [1.165, 1.54) is 31.3 Å². The van der Waals surface area contributed by atoms with Crippen molar-refractivity contribution in [3.63, 3.8) is 0 Å². The van der Waals surface area contributed by atoms with Crippen molar-refractivity contribution in [2.45, 2.75) is 24.1 Å². The minimum Gasteiger partial charge on any atom is -0.489 e. The number of halogens is 4. The summed E-state index contributed by atoms with van der Waals surface area (Å²) in [5, 5.41) is 13.7. The van der Waals surface area contributed by atoms with Crippen molar-refractivity contribution in [3.8, 4) is 17.0 Å². The number of aromatic nitrogens is 3. The van der Waals surface area contributed by atoms with E-state index in [-0.39, 0.29) is 34.7 Å². The number of hydrogen-bond donors (Lipinski definition) is 4. The van der Waals surface area contributed by atoms with Gasteiger partial charge in [-0.2, -0.15) is 13.2 Å².